The third-order valence-corrected chi connectivity index (χ3v) is 4.11. The number of carbonyl (C=O) groups excluding carboxylic acids is 1. The Morgan fingerprint density at radius 3 is 2.50 bits per heavy atom. The maximum atomic E-state index is 12.4. The van der Waals surface area contributed by atoms with Crippen molar-refractivity contribution in [3.05, 3.63) is 39.9 Å². The quantitative estimate of drug-likeness (QED) is 0.819. The number of aryl methyl sites for hydroxylation is 1. The number of aromatic nitrogens is 3. The zero-order chi connectivity index (χ0) is 17.9. The molecular formula is C16H21Cl2N5O. The van der Waals surface area contributed by atoms with Crippen molar-refractivity contribution in [2.75, 3.05) is 6.54 Å². The molecule has 0 radical (unpaired) electrons. The molecule has 1 atom stereocenters. The molecule has 0 aliphatic heterocycles. The van der Waals surface area contributed by atoms with Gasteiger partial charge in [-0.3, -0.25) is 4.79 Å². The van der Waals surface area contributed by atoms with Crippen LogP contribution in [0, 0.1) is 12.8 Å². The number of nitrogens with one attached hydrogen (secondary N) is 1. The molecule has 8 heteroatoms. The molecular weight excluding hydrogens is 349 g/mol. The molecule has 0 saturated heterocycles. The minimum Gasteiger partial charge on any atom is -0.345 e. The fourth-order valence-electron chi connectivity index (χ4n) is 2.42. The first-order chi connectivity index (χ1) is 11.3. The van der Waals surface area contributed by atoms with Crippen molar-refractivity contribution in [2.24, 2.45) is 11.7 Å². The van der Waals surface area contributed by atoms with Gasteiger partial charge in [0.25, 0.3) is 5.91 Å². The molecule has 0 aliphatic rings. The average molecular weight is 370 g/mol. The Hall–Kier alpha value is -1.63. The minimum atomic E-state index is -0.365. The largest absolute Gasteiger partial charge is 0.345 e. The van der Waals surface area contributed by atoms with Gasteiger partial charge >= 0.3 is 0 Å². The molecule has 0 saturated carbocycles. The van der Waals surface area contributed by atoms with Crippen LogP contribution in [-0.4, -0.2) is 33.3 Å². The maximum absolute atomic E-state index is 12.4. The Balaban J connectivity index is 2.27. The molecule has 0 aliphatic carbocycles. The van der Waals surface area contributed by atoms with Crippen molar-refractivity contribution in [3.8, 4) is 5.69 Å². The molecule has 2 aromatic rings. The zero-order valence-corrected chi connectivity index (χ0v) is 15.4. The van der Waals surface area contributed by atoms with Crippen LogP contribution >= 0.6 is 23.2 Å². The number of rotatable bonds is 6. The van der Waals surface area contributed by atoms with E-state index < -0.39 is 0 Å². The van der Waals surface area contributed by atoms with Crippen LogP contribution in [0.1, 0.15) is 36.7 Å². The summed E-state index contributed by atoms with van der Waals surface area (Å²) in [6, 6.07) is 5.04. The van der Waals surface area contributed by atoms with Gasteiger partial charge in [-0.1, -0.05) is 43.1 Å². The van der Waals surface area contributed by atoms with E-state index in [1.54, 1.807) is 25.1 Å². The fraction of sp³-hybridized carbons (Fsp3) is 0.438. The minimum absolute atomic E-state index is 0.0608. The summed E-state index contributed by atoms with van der Waals surface area (Å²) in [5.41, 5.74) is 6.22. The molecule has 24 heavy (non-hydrogen) atoms. The van der Waals surface area contributed by atoms with Crippen molar-refractivity contribution < 1.29 is 4.79 Å². The van der Waals surface area contributed by atoms with Crippen LogP contribution in [-0.2, 0) is 0 Å². The lowest BCUT2D eigenvalue weighted by Crippen LogP contribution is -2.41. The monoisotopic (exact) mass is 369 g/mol. The lowest BCUT2D eigenvalue weighted by Gasteiger charge is -2.17. The zero-order valence-electron chi connectivity index (χ0n) is 13.9. The van der Waals surface area contributed by atoms with Gasteiger partial charge in [0.1, 0.15) is 11.5 Å². The van der Waals surface area contributed by atoms with Gasteiger partial charge in [-0.25, -0.2) is 9.67 Å². The second kappa shape index (κ2) is 7.96. The topological polar surface area (TPSA) is 85.8 Å². The van der Waals surface area contributed by atoms with Crippen LogP contribution in [0.25, 0.3) is 5.69 Å². The molecule has 130 valence electrons. The first kappa shape index (κ1) is 18.7. The molecule has 0 fully saturated rings. The molecule has 6 nitrogen and oxygen atoms in total. The summed E-state index contributed by atoms with van der Waals surface area (Å²) < 4.78 is 1.47. The smallest absolute Gasteiger partial charge is 0.291 e. The molecule has 3 N–H and O–H groups in total. The van der Waals surface area contributed by atoms with Crippen LogP contribution in [0.5, 0.6) is 0 Å². The predicted octanol–water partition coefficient (Wildman–Crippen LogP) is 2.99. The van der Waals surface area contributed by atoms with E-state index in [-0.39, 0.29) is 17.8 Å². The summed E-state index contributed by atoms with van der Waals surface area (Å²) in [4.78, 5) is 16.6. The summed E-state index contributed by atoms with van der Waals surface area (Å²) in [5.74, 6) is 0.637. The summed E-state index contributed by atoms with van der Waals surface area (Å²) in [5, 5.41) is 7.98. The summed E-state index contributed by atoms with van der Waals surface area (Å²) in [7, 11) is 0. The van der Waals surface area contributed by atoms with Gasteiger partial charge in [0.15, 0.2) is 0 Å². The second-order valence-electron chi connectivity index (χ2n) is 6.00. The highest BCUT2D eigenvalue weighted by molar-refractivity contribution is 6.37. The van der Waals surface area contributed by atoms with Crippen LogP contribution in [0.2, 0.25) is 10.0 Å². The average Bonchev–Trinajstić information content (AvgIpc) is 2.88. The maximum Gasteiger partial charge on any atom is 0.291 e. The lowest BCUT2D eigenvalue weighted by atomic mass is 10.0. The van der Waals surface area contributed by atoms with Crippen molar-refractivity contribution in [2.45, 2.75) is 33.2 Å². The first-order valence-corrected chi connectivity index (χ1v) is 8.48. The van der Waals surface area contributed by atoms with Gasteiger partial charge in [-0.05, 0) is 31.4 Å². The van der Waals surface area contributed by atoms with E-state index in [4.69, 9.17) is 28.9 Å². The SMILES string of the molecule is Cc1nc(C(=O)NC(CN)CC(C)C)nn1-c1c(Cl)cccc1Cl. The van der Waals surface area contributed by atoms with Crippen LogP contribution < -0.4 is 11.1 Å². The molecule has 1 amide bonds. The van der Waals surface area contributed by atoms with Gasteiger partial charge < -0.3 is 11.1 Å². The number of nitrogens with two attached hydrogens (primary N) is 1. The summed E-state index contributed by atoms with van der Waals surface area (Å²) >= 11 is 12.4. The number of hydrogen-bond donors (Lipinski definition) is 2. The van der Waals surface area contributed by atoms with Crippen molar-refractivity contribution >= 4 is 29.1 Å². The number of halogens is 2. The van der Waals surface area contributed by atoms with Crippen LogP contribution in [0.3, 0.4) is 0 Å². The van der Waals surface area contributed by atoms with Gasteiger partial charge in [-0.15, -0.1) is 5.10 Å². The molecule has 1 heterocycles. The van der Waals surface area contributed by atoms with E-state index in [0.717, 1.165) is 6.42 Å². The Labute approximate surface area is 151 Å². The predicted molar refractivity (Wildman–Crippen MR) is 95.9 cm³/mol. The van der Waals surface area contributed by atoms with Crippen molar-refractivity contribution in [1.29, 1.82) is 0 Å². The molecule has 0 bridgehead atoms. The number of nitrogens with zero attached hydrogens (tertiary/aromatic N) is 3. The summed E-state index contributed by atoms with van der Waals surface area (Å²) in [6.07, 6.45) is 0.790. The summed E-state index contributed by atoms with van der Waals surface area (Å²) in [6.45, 7) is 6.24. The van der Waals surface area contributed by atoms with Gasteiger partial charge in [0.05, 0.1) is 10.0 Å². The van der Waals surface area contributed by atoms with E-state index in [1.807, 2.05) is 0 Å². The van der Waals surface area contributed by atoms with Gasteiger partial charge in [-0.2, -0.15) is 0 Å². The van der Waals surface area contributed by atoms with E-state index in [1.165, 1.54) is 4.68 Å². The van der Waals surface area contributed by atoms with Crippen molar-refractivity contribution in [1.82, 2.24) is 20.1 Å². The Morgan fingerprint density at radius 2 is 1.96 bits per heavy atom. The van der Waals surface area contributed by atoms with E-state index in [2.05, 4.69) is 29.2 Å². The highest BCUT2D eigenvalue weighted by Gasteiger charge is 2.20. The third kappa shape index (κ3) is 4.26. The van der Waals surface area contributed by atoms with Gasteiger partial charge in [0.2, 0.25) is 5.82 Å². The normalized spacial score (nSPS) is 12.5. The number of benzene rings is 1. The molecule has 2 rings (SSSR count). The first-order valence-electron chi connectivity index (χ1n) is 7.72. The van der Waals surface area contributed by atoms with Crippen molar-refractivity contribution in [3.63, 3.8) is 0 Å². The van der Waals surface area contributed by atoms with E-state index in [9.17, 15) is 4.79 Å². The molecule has 0 spiro atoms. The van der Waals surface area contributed by atoms with Gasteiger partial charge in [0, 0.05) is 12.6 Å². The van der Waals surface area contributed by atoms with Crippen LogP contribution in [0.15, 0.2) is 18.2 Å². The Kier molecular flexibility index (Phi) is 6.21. The standard InChI is InChI=1S/C16H21Cl2N5O/c1-9(2)7-11(8-19)21-16(24)15-20-10(3)23(22-15)14-12(17)5-4-6-13(14)18/h4-6,9,11H,7-8,19H2,1-3H3,(H,21,24). The number of carbonyl (C=O) groups is 1. The Bertz CT molecular complexity index is 709. The fourth-order valence-corrected chi connectivity index (χ4v) is 2.98. The number of amides is 1. The number of hydrogen-bond acceptors (Lipinski definition) is 4. The molecule has 1 unspecified atom stereocenters. The molecule has 1 aromatic carbocycles. The van der Waals surface area contributed by atoms with E-state index in [0.29, 0.717) is 34.0 Å². The molecule has 1 aromatic heterocycles. The third-order valence-electron chi connectivity index (χ3n) is 3.50. The highest BCUT2D eigenvalue weighted by Crippen LogP contribution is 2.28. The number of para-hydroxylation sites is 1. The van der Waals surface area contributed by atoms with E-state index >= 15 is 0 Å². The Morgan fingerprint density at radius 1 is 1.33 bits per heavy atom. The van der Waals surface area contributed by atoms with Crippen LogP contribution in [0.4, 0.5) is 0 Å². The lowest BCUT2D eigenvalue weighted by molar-refractivity contribution is 0.0923. The second-order valence-corrected chi connectivity index (χ2v) is 6.81. The highest BCUT2D eigenvalue weighted by atomic mass is 35.5.